The van der Waals surface area contributed by atoms with Crippen LogP contribution in [0.15, 0.2) is 53.4 Å². The molecule has 0 bridgehead atoms. The van der Waals surface area contributed by atoms with Crippen molar-refractivity contribution < 1.29 is 18.0 Å². The van der Waals surface area contributed by atoms with Crippen LogP contribution >= 0.6 is 0 Å². The van der Waals surface area contributed by atoms with E-state index in [0.29, 0.717) is 29.9 Å². The van der Waals surface area contributed by atoms with Crippen molar-refractivity contribution in [2.24, 2.45) is 0 Å². The molecule has 7 nitrogen and oxygen atoms in total. The van der Waals surface area contributed by atoms with Gasteiger partial charge >= 0.3 is 0 Å². The summed E-state index contributed by atoms with van der Waals surface area (Å²) in [5, 5.41) is 2.76. The maximum Gasteiger partial charge on any atom is 0.257 e. The van der Waals surface area contributed by atoms with E-state index in [2.05, 4.69) is 10.0 Å². The number of rotatable bonds is 6. The van der Waals surface area contributed by atoms with Crippen LogP contribution in [0, 0.1) is 0 Å². The monoisotopic (exact) mass is 401 g/mol. The van der Waals surface area contributed by atoms with Gasteiger partial charge in [-0.3, -0.25) is 9.59 Å². The molecule has 1 aliphatic rings. The first-order valence-corrected chi connectivity index (χ1v) is 10.6. The maximum absolute atomic E-state index is 12.7. The van der Waals surface area contributed by atoms with Gasteiger partial charge in [0.15, 0.2) is 0 Å². The van der Waals surface area contributed by atoms with Gasteiger partial charge in [0.05, 0.1) is 16.1 Å². The number of sulfonamides is 1. The van der Waals surface area contributed by atoms with E-state index < -0.39 is 10.0 Å². The SMILES string of the molecule is CC(C)NS(=O)(=O)c1ccc(NC(=O)c2ccccc2N2CCCC2=O)cc1. The molecule has 1 saturated heterocycles. The zero-order valence-corrected chi connectivity index (χ0v) is 16.6. The molecule has 1 heterocycles. The molecule has 0 aliphatic carbocycles. The summed E-state index contributed by atoms with van der Waals surface area (Å²) in [5.74, 6) is -0.348. The molecule has 0 aromatic heterocycles. The fraction of sp³-hybridized carbons (Fsp3) is 0.300. The molecule has 28 heavy (non-hydrogen) atoms. The minimum Gasteiger partial charge on any atom is -0.322 e. The molecule has 1 aliphatic heterocycles. The summed E-state index contributed by atoms with van der Waals surface area (Å²) >= 11 is 0. The zero-order chi connectivity index (χ0) is 20.3. The van der Waals surface area contributed by atoms with Crippen molar-refractivity contribution in [2.45, 2.75) is 37.6 Å². The van der Waals surface area contributed by atoms with Crippen LogP contribution in [0.2, 0.25) is 0 Å². The van der Waals surface area contributed by atoms with Gasteiger partial charge in [-0.05, 0) is 56.7 Å². The third kappa shape index (κ3) is 4.40. The van der Waals surface area contributed by atoms with Crippen LogP contribution in [0.4, 0.5) is 11.4 Å². The number of para-hydroxylation sites is 1. The Morgan fingerprint density at radius 2 is 1.75 bits per heavy atom. The molecule has 0 unspecified atom stereocenters. The number of benzene rings is 2. The number of carbonyl (C=O) groups is 2. The highest BCUT2D eigenvalue weighted by Crippen LogP contribution is 2.26. The summed E-state index contributed by atoms with van der Waals surface area (Å²) in [6.07, 6.45) is 1.26. The Bertz CT molecular complexity index is 985. The Balaban J connectivity index is 1.78. The second kappa shape index (κ2) is 8.12. The molecule has 0 atom stereocenters. The summed E-state index contributed by atoms with van der Waals surface area (Å²) in [5.41, 5.74) is 1.45. The Hall–Kier alpha value is -2.71. The number of nitrogens with one attached hydrogen (secondary N) is 2. The lowest BCUT2D eigenvalue weighted by Crippen LogP contribution is -2.30. The van der Waals surface area contributed by atoms with Crippen LogP contribution in [0.25, 0.3) is 0 Å². The molecule has 2 N–H and O–H groups in total. The van der Waals surface area contributed by atoms with Crippen molar-refractivity contribution in [3.8, 4) is 0 Å². The van der Waals surface area contributed by atoms with Gasteiger partial charge in [0.1, 0.15) is 0 Å². The molecule has 3 rings (SSSR count). The zero-order valence-electron chi connectivity index (χ0n) is 15.8. The van der Waals surface area contributed by atoms with Crippen molar-refractivity contribution in [3.63, 3.8) is 0 Å². The summed E-state index contributed by atoms with van der Waals surface area (Å²) in [4.78, 5) is 26.5. The smallest absolute Gasteiger partial charge is 0.257 e. The van der Waals surface area contributed by atoms with Crippen molar-refractivity contribution in [3.05, 3.63) is 54.1 Å². The van der Waals surface area contributed by atoms with Crippen molar-refractivity contribution in [1.29, 1.82) is 0 Å². The van der Waals surface area contributed by atoms with E-state index in [9.17, 15) is 18.0 Å². The van der Waals surface area contributed by atoms with Crippen molar-refractivity contribution in [1.82, 2.24) is 4.72 Å². The van der Waals surface area contributed by atoms with Gasteiger partial charge in [-0.25, -0.2) is 13.1 Å². The van der Waals surface area contributed by atoms with Crippen molar-refractivity contribution >= 4 is 33.2 Å². The van der Waals surface area contributed by atoms with E-state index in [1.807, 2.05) is 0 Å². The largest absolute Gasteiger partial charge is 0.322 e. The van der Waals surface area contributed by atoms with Crippen LogP contribution in [0.1, 0.15) is 37.0 Å². The van der Waals surface area contributed by atoms with Crippen LogP contribution in [0.5, 0.6) is 0 Å². The Labute approximate surface area is 164 Å². The van der Waals surface area contributed by atoms with Crippen LogP contribution in [-0.4, -0.2) is 32.8 Å². The summed E-state index contributed by atoms with van der Waals surface area (Å²) in [6, 6.07) is 12.7. The number of anilines is 2. The third-order valence-corrected chi connectivity index (χ3v) is 6.00. The maximum atomic E-state index is 12.7. The number of carbonyl (C=O) groups excluding carboxylic acids is 2. The predicted octanol–water partition coefficient (Wildman–Crippen LogP) is 2.75. The molecule has 1 fully saturated rings. The molecule has 2 amide bonds. The molecule has 2 aromatic rings. The lowest BCUT2D eigenvalue weighted by Gasteiger charge is -2.19. The molecule has 0 saturated carbocycles. The van der Waals surface area contributed by atoms with Crippen LogP contribution in [-0.2, 0) is 14.8 Å². The van der Waals surface area contributed by atoms with E-state index in [4.69, 9.17) is 0 Å². The first-order valence-electron chi connectivity index (χ1n) is 9.11. The van der Waals surface area contributed by atoms with Gasteiger partial charge in [-0.2, -0.15) is 0 Å². The normalized spacial score (nSPS) is 14.5. The highest BCUT2D eigenvalue weighted by molar-refractivity contribution is 7.89. The third-order valence-electron chi connectivity index (χ3n) is 4.33. The molecule has 0 radical (unpaired) electrons. The highest BCUT2D eigenvalue weighted by Gasteiger charge is 2.25. The van der Waals surface area contributed by atoms with Gasteiger partial charge in [-0.1, -0.05) is 12.1 Å². The topological polar surface area (TPSA) is 95.6 Å². The van der Waals surface area contributed by atoms with E-state index in [-0.39, 0.29) is 22.8 Å². The van der Waals surface area contributed by atoms with Gasteiger partial charge in [-0.15, -0.1) is 0 Å². The fourth-order valence-electron chi connectivity index (χ4n) is 3.10. The first kappa shape index (κ1) is 20.0. The molecule has 148 valence electrons. The molecule has 0 spiro atoms. The standard InChI is InChI=1S/C20H23N3O4S/c1-14(2)22-28(26,27)16-11-9-15(10-12-16)21-20(25)17-6-3-4-7-18(17)23-13-5-8-19(23)24/h3-4,6-7,9-12,14,22H,5,8,13H2,1-2H3,(H,21,25). The summed E-state index contributed by atoms with van der Waals surface area (Å²) < 4.78 is 26.9. The Morgan fingerprint density at radius 3 is 2.36 bits per heavy atom. The van der Waals surface area contributed by atoms with E-state index >= 15 is 0 Å². The molecule has 8 heteroatoms. The Morgan fingerprint density at radius 1 is 1.07 bits per heavy atom. The lowest BCUT2D eigenvalue weighted by atomic mass is 10.1. The van der Waals surface area contributed by atoms with Crippen LogP contribution < -0.4 is 14.9 Å². The summed E-state index contributed by atoms with van der Waals surface area (Å²) in [6.45, 7) is 4.09. The minimum atomic E-state index is -3.59. The van der Waals surface area contributed by atoms with Gasteiger partial charge in [0.25, 0.3) is 5.91 Å². The van der Waals surface area contributed by atoms with E-state index in [1.54, 1.807) is 43.0 Å². The minimum absolute atomic E-state index is 0.00691. The average Bonchev–Trinajstić information content (AvgIpc) is 3.07. The van der Waals surface area contributed by atoms with Gasteiger partial charge in [0, 0.05) is 24.7 Å². The molecular formula is C20H23N3O4S. The number of hydrogen-bond acceptors (Lipinski definition) is 4. The quantitative estimate of drug-likeness (QED) is 0.778. The van der Waals surface area contributed by atoms with Gasteiger partial charge < -0.3 is 10.2 Å². The van der Waals surface area contributed by atoms with Crippen molar-refractivity contribution in [2.75, 3.05) is 16.8 Å². The summed E-state index contributed by atoms with van der Waals surface area (Å²) in [7, 11) is -3.59. The van der Waals surface area contributed by atoms with Gasteiger partial charge in [0.2, 0.25) is 15.9 Å². The molecule has 2 aromatic carbocycles. The second-order valence-corrected chi connectivity index (χ2v) is 8.63. The lowest BCUT2D eigenvalue weighted by molar-refractivity contribution is -0.117. The highest BCUT2D eigenvalue weighted by atomic mass is 32.2. The predicted molar refractivity (Wildman–Crippen MR) is 108 cm³/mol. The average molecular weight is 401 g/mol. The van der Waals surface area contributed by atoms with E-state index in [1.165, 1.54) is 24.3 Å². The second-order valence-electron chi connectivity index (χ2n) is 6.92. The van der Waals surface area contributed by atoms with Crippen LogP contribution in [0.3, 0.4) is 0 Å². The number of nitrogens with zero attached hydrogens (tertiary/aromatic N) is 1. The Kier molecular flexibility index (Phi) is 5.81. The molecular weight excluding hydrogens is 378 g/mol. The van der Waals surface area contributed by atoms with E-state index in [0.717, 1.165) is 6.42 Å². The number of amides is 2. The first-order chi connectivity index (χ1) is 13.3. The number of hydrogen-bond donors (Lipinski definition) is 2. The fourth-order valence-corrected chi connectivity index (χ4v) is 4.35.